The van der Waals surface area contributed by atoms with E-state index in [1.54, 1.807) is 24.4 Å². The van der Waals surface area contributed by atoms with Crippen LogP contribution in [0, 0.1) is 28.4 Å². The molecule has 1 aromatic heterocycles. The normalized spacial score (nSPS) is 10.2. The van der Waals surface area contributed by atoms with Gasteiger partial charge in [-0.15, -0.1) is 0 Å². The van der Waals surface area contributed by atoms with E-state index in [1.807, 2.05) is 13.0 Å². The summed E-state index contributed by atoms with van der Waals surface area (Å²) in [4.78, 5) is 22.6. The standard InChI is InChI=1S/C19H14ClN5O4/c1-12-8-15(3-4-16(12)20)29-11-24-7-6-18(23-24)19(26)22-17-5-2-14(25(27)28)9-13(17)10-21/h2-9H,11H2,1H3,(H,22,26). The van der Waals surface area contributed by atoms with Crippen LogP contribution in [-0.4, -0.2) is 20.6 Å². The van der Waals surface area contributed by atoms with E-state index in [4.69, 9.17) is 21.6 Å². The van der Waals surface area contributed by atoms with Gasteiger partial charge in [-0.1, -0.05) is 11.6 Å². The predicted molar refractivity (Wildman–Crippen MR) is 105 cm³/mol. The van der Waals surface area contributed by atoms with Gasteiger partial charge in [0, 0.05) is 23.4 Å². The molecule has 2 aromatic carbocycles. The minimum Gasteiger partial charge on any atom is -0.471 e. The summed E-state index contributed by atoms with van der Waals surface area (Å²) >= 11 is 5.98. The van der Waals surface area contributed by atoms with Gasteiger partial charge in [-0.05, 0) is 42.8 Å². The van der Waals surface area contributed by atoms with Crippen molar-refractivity contribution in [3.63, 3.8) is 0 Å². The minimum absolute atomic E-state index is 0.0200. The van der Waals surface area contributed by atoms with E-state index in [2.05, 4.69) is 10.4 Å². The maximum atomic E-state index is 12.4. The zero-order valence-electron chi connectivity index (χ0n) is 15.1. The van der Waals surface area contributed by atoms with Gasteiger partial charge in [-0.2, -0.15) is 10.4 Å². The van der Waals surface area contributed by atoms with Crippen LogP contribution in [0.4, 0.5) is 11.4 Å². The minimum atomic E-state index is -0.615. The second-order valence-electron chi connectivity index (χ2n) is 5.98. The molecule has 29 heavy (non-hydrogen) atoms. The molecule has 0 bridgehead atoms. The molecule has 0 spiro atoms. The number of halogens is 1. The predicted octanol–water partition coefficient (Wildman–Crippen LogP) is 3.91. The van der Waals surface area contributed by atoms with E-state index >= 15 is 0 Å². The molecule has 0 saturated heterocycles. The molecule has 10 heteroatoms. The smallest absolute Gasteiger partial charge is 0.276 e. The number of rotatable bonds is 6. The Balaban J connectivity index is 1.67. The number of non-ortho nitro benzene ring substituents is 1. The van der Waals surface area contributed by atoms with E-state index in [1.165, 1.54) is 22.9 Å². The maximum absolute atomic E-state index is 12.4. The monoisotopic (exact) mass is 411 g/mol. The lowest BCUT2D eigenvalue weighted by Crippen LogP contribution is -2.15. The van der Waals surface area contributed by atoms with E-state index in [0.717, 1.165) is 11.6 Å². The number of carbonyl (C=O) groups excluding carboxylic acids is 1. The third kappa shape index (κ3) is 4.69. The average molecular weight is 412 g/mol. The number of aryl methyl sites for hydroxylation is 1. The number of nitro groups is 1. The SMILES string of the molecule is Cc1cc(OCn2ccc(C(=O)Nc3ccc([N+](=O)[O-])cc3C#N)n2)ccc1Cl. The molecule has 3 rings (SSSR count). The maximum Gasteiger partial charge on any atom is 0.276 e. The summed E-state index contributed by atoms with van der Waals surface area (Å²) in [7, 11) is 0. The number of hydrogen-bond acceptors (Lipinski definition) is 6. The highest BCUT2D eigenvalue weighted by atomic mass is 35.5. The molecule has 146 valence electrons. The summed E-state index contributed by atoms with van der Waals surface area (Å²) in [5.74, 6) is 0.0504. The molecule has 0 unspecified atom stereocenters. The number of anilines is 1. The van der Waals surface area contributed by atoms with Crippen molar-refractivity contribution in [1.29, 1.82) is 5.26 Å². The molecular formula is C19H14ClN5O4. The Labute approximate surface area is 170 Å². The van der Waals surface area contributed by atoms with Gasteiger partial charge in [0.25, 0.3) is 11.6 Å². The molecule has 0 aliphatic heterocycles. The molecule has 0 fully saturated rings. The van der Waals surface area contributed by atoms with Crippen molar-refractivity contribution in [3.8, 4) is 11.8 Å². The van der Waals surface area contributed by atoms with Gasteiger partial charge in [0.2, 0.25) is 0 Å². The first-order valence-corrected chi connectivity index (χ1v) is 8.67. The molecule has 0 radical (unpaired) electrons. The largest absolute Gasteiger partial charge is 0.471 e. The van der Waals surface area contributed by atoms with E-state index in [-0.39, 0.29) is 29.4 Å². The van der Waals surface area contributed by atoms with Gasteiger partial charge in [0.1, 0.15) is 11.8 Å². The summed E-state index contributed by atoms with van der Waals surface area (Å²) in [5.41, 5.74) is 0.876. The van der Waals surface area contributed by atoms with Crippen LogP contribution in [0.2, 0.25) is 5.02 Å². The second kappa shape index (κ2) is 8.41. The van der Waals surface area contributed by atoms with Crippen LogP contribution in [-0.2, 0) is 6.73 Å². The van der Waals surface area contributed by atoms with Crippen LogP contribution in [0.25, 0.3) is 0 Å². The van der Waals surface area contributed by atoms with Crippen LogP contribution in [0.1, 0.15) is 21.6 Å². The first kappa shape index (κ1) is 19.9. The van der Waals surface area contributed by atoms with Crippen LogP contribution in [0.5, 0.6) is 5.75 Å². The van der Waals surface area contributed by atoms with E-state index in [0.29, 0.717) is 10.8 Å². The van der Waals surface area contributed by atoms with Crippen molar-refractivity contribution in [1.82, 2.24) is 9.78 Å². The quantitative estimate of drug-likeness (QED) is 0.484. The van der Waals surface area contributed by atoms with Gasteiger partial charge in [-0.3, -0.25) is 14.9 Å². The summed E-state index contributed by atoms with van der Waals surface area (Å²) in [6, 6.07) is 12.2. The van der Waals surface area contributed by atoms with Gasteiger partial charge in [-0.25, -0.2) is 4.68 Å². The Morgan fingerprint density at radius 1 is 1.34 bits per heavy atom. The molecule has 3 aromatic rings. The number of nitrogens with zero attached hydrogens (tertiary/aromatic N) is 4. The highest BCUT2D eigenvalue weighted by Crippen LogP contribution is 2.22. The number of hydrogen-bond donors (Lipinski definition) is 1. The number of nitriles is 1. The van der Waals surface area contributed by atoms with Crippen LogP contribution in [0.15, 0.2) is 48.7 Å². The van der Waals surface area contributed by atoms with Crippen LogP contribution in [0.3, 0.4) is 0 Å². The van der Waals surface area contributed by atoms with Crippen molar-refractivity contribution >= 4 is 28.9 Å². The lowest BCUT2D eigenvalue weighted by Gasteiger charge is -2.08. The summed E-state index contributed by atoms with van der Waals surface area (Å²) in [6.07, 6.45) is 1.57. The molecule has 0 aliphatic carbocycles. The highest BCUT2D eigenvalue weighted by Gasteiger charge is 2.15. The van der Waals surface area contributed by atoms with E-state index < -0.39 is 10.8 Å². The first-order chi connectivity index (χ1) is 13.9. The Bertz CT molecular complexity index is 1140. The fourth-order valence-corrected chi connectivity index (χ4v) is 2.55. The highest BCUT2D eigenvalue weighted by molar-refractivity contribution is 6.31. The first-order valence-electron chi connectivity index (χ1n) is 8.29. The second-order valence-corrected chi connectivity index (χ2v) is 6.38. The lowest BCUT2D eigenvalue weighted by molar-refractivity contribution is -0.384. The Hall–Kier alpha value is -3.90. The number of benzene rings is 2. The number of nitrogens with one attached hydrogen (secondary N) is 1. The zero-order chi connectivity index (χ0) is 21.0. The average Bonchev–Trinajstić information content (AvgIpc) is 3.18. The van der Waals surface area contributed by atoms with Crippen molar-refractivity contribution < 1.29 is 14.5 Å². The fraction of sp³-hybridized carbons (Fsp3) is 0.105. The zero-order valence-corrected chi connectivity index (χ0v) is 15.9. The number of aromatic nitrogens is 2. The molecule has 9 nitrogen and oxygen atoms in total. The summed E-state index contributed by atoms with van der Waals surface area (Å²) < 4.78 is 7.04. The van der Waals surface area contributed by atoms with Crippen LogP contribution < -0.4 is 10.1 Å². The fourth-order valence-electron chi connectivity index (χ4n) is 2.44. The van der Waals surface area contributed by atoms with Crippen molar-refractivity contribution in [2.75, 3.05) is 5.32 Å². The molecule has 1 amide bonds. The Kier molecular flexibility index (Phi) is 5.76. The van der Waals surface area contributed by atoms with Gasteiger partial charge in [0.05, 0.1) is 16.2 Å². The van der Waals surface area contributed by atoms with Crippen molar-refractivity contribution in [2.24, 2.45) is 0 Å². The summed E-state index contributed by atoms with van der Waals surface area (Å²) in [6.45, 7) is 1.94. The third-order valence-electron chi connectivity index (χ3n) is 3.95. The Morgan fingerprint density at radius 3 is 2.83 bits per heavy atom. The topological polar surface area (TPSA) is 123 Å². The number of nitro benzene ring substituents is 1. The molecule has 0 aliphatic rings. The van der Waals surface area contributed by atoms with Gasteiger partial charge >= 0.3 is 0 Å². The van der Waals surface area contributed by atoms with Gasteiger partial charge in [0.15, 0.2) is 12.4 Å². The number of ether oxygens (including phenoxy) is 1. The van der Waals surface area contributed by atoms with Crippen molar-refractivity contribution in [3.05, 3.63) is 80.6 Å². The molecule has 1 N–H and O–H groups in total. The van der Waals surface area contributed by atoms with E-state index in [9.17, 15) is 14.9 Å². The Morgan fingerprint density at radius 2 is 2.14 bits per heavy atom. The summed E-state index contributed by atoms with van der Waals surface area (Å²) in [5, 5.41) is 27.3. The molecule has 1 heterocycles. The van der Waals surface area contributed by atoms with Crippen LogP contribution >= 0.6 is 11.6 Å². The third-order valence-corrected chi connectivity index (χ3v) is 4.37. The lowest BCUT2D eigenvalue weighted by atomic mass is 10.1. The number of carbonyl (C=O) groups is 1. The number of amides is 1. The van der Waals surface area contributed by atoms with Gasteiger partial charge < -0.3 is 10.1 Å². The molecular weight excluding hydrogens is 398 g/mol. The molecule has 0 atom stereocenters. The molecule has 0 saturated carbocycles. The van der Waals surface area contributed by atoms with Crippen molar-refractivity contribution in [2.45, 2.75) is 13.7 Å².